The highest BCUT2D eigenvalue weighted by Crippen LogP contribution is 2.32. The molecule has 2 aromatic heterocycles. The van der Waals surface area contributed by atoms with E-state index in [-0.39, 0.29) is 11.9 Å². The molecule has 0 radical (unpaired) electrons. The number of nitrogens with zero attached hydrogens (tertiary/aromatic N) is 4. The van der Waals surface area contributed by atoms with Gasteiger partial charge in [-0.1, -0.05) is 0 Å². The molecule has 2 aromatic rings. The van der Waals surface area contributed by atoms with Crippen LogP contribution in [0.2, 0.25) is 0 Å². The van der Waals surface area contributed by atoms with Crippen LogP contribution >= 0.6 is 0 Å². The number of pyridine rings is 1. The first-order valence-corrected chi connectivity index (χ1v) is 8.02. The van der Waals surface area contributed by atoms with Gasteiger partial charge in [0.2, 0.25) is 5.91 Å². The monoisotopic (exact) mass is 313 g/mol. The van der Waals surface area contributed by atoms with Crippen LogP contribution in [0.3, 0.4) is 0 Å². The Labute approximate surface area is 136 Å². The van der Waals surface area contributed by atoms with Crippen LogP contribution in [0.15, 0.2) is 24.4 Å². The summed E-state index contributed by atoms with van der Waals surface area (Å²) < 4.78 is 1.79. The summed E-state index contributed by atoms with van der Waals surface area (Å²) in [5, 5.41) is 7.45. The molecule has 3 rings (SSSR count). The second-order valence-corrected chi connectivity index (χ2v) is 6.05. The number of carbonyl (C=O) groups is 1. The van der Waals surface area contributed by atoms with Gasteiger partial charge in [0.15, 0.2) is 0 Å². The molecule has 1 aliphatic heterocycles. The lowest BCUT2D eigenvalue weighted by molar-refractivity contribution is -0.133. The summed E-state index contributed by atoms with van der Waals surface area (Å²) in [6.07, 6.45) is 3.82. The number of likely N-dealkylation sites (tertiary alicyclic amines) is 1. The quantitative estimate of drug-likeness (QED) is 0.941. The molecular formula is C17H23N5O. The van der Waals surface area contributed by atoms with Gasteiger partial charge >= 0.3 is 0 Å². The molecule has 23 heavy (non-hydrogen) atoms. The summed E-state index contributed by atoms with van der Waals surface area (Å²) in [5.74, 6) is 0.960. The summed E-state index contributed by atoms with van der Waals surface area (Å²) in [7, 11) is 1.85. The predicted molar refractivity (Wildman–Crippen MR) is 89.2 cm³/mol. The molecule has 3 heterocycles. The van der Waals surface area contributed by atoms with E-state index in [0.717, 1.165) is 42.2 Å². The van der Waals surface area contributed by atoms with Gasteiger partial charge in [-0.05, 0) is 50.5 Å². The number of hydrogen-bond donors (Lipinski definition) is 1. The molecule has 1 atom stereocenters. The maximum absolute atomic E-state index is 12.7. The van der Waals surface area contributed by atoms with Gasteiger partial charge in [-0.2, -0.15) is 5.10 Å². The fourth-order valence-corrected chi connectivity index (χ4v) is 3.26. The molecule has 0 bridgehead atoms. The number of anilines is 1. The number of carbonyl (C=O) groups excluding carboxylic acids is 1. The second kappa shape index (κ2) is 6.40. The van der Waals surface area contributed by atoms with Gasteiger partial charge in [-0.25, -0.2) is 4.98 Å². The Bertz CT molecular complexity index is 709. The van der Waals surface area contributed by atoms with E-state index in [0.29, 0.717) is 6.54 Å². The number of rotatable bonds is 4. The summed E-state index contributed by atoms with van der Waals surface area (Å²) in [6.45, 7) is 5.04. The minimum atomic E-state index is 0.126. The summed E-state index contributed by atoms with van der Waals surface area (Å²) in [5.41, 5.74) is 3.11. The predicted octanol–water partition coefficient (Wildman–Crippen LogP) is 2.30. The van der Waals surface area contributed by atoms with Crippen molar-refractivity contribution in [2.45, 2.75) is 39.3 Å². The lowest BCUT2D eigenvalue weighted by atomic mass is 10.1. The zero-order valence-corrected chi connectivity index (χ0v) is 13.9. The van der Waals surface area contributed by atoms with Crippen LogP contribution in [-0.4, -0.2) is 39.2 Å². The van der Waals surface area contributed by atoms with Gasteiger partial charge in [-0.15, -0.1) is 0 Å². The van der Waals surface area contributed by atoms with Crippen molar-refractivity contribution in [2.75, 3.05) is 18.9 Å². The molecule has 6 nitrogen and oxygen atoms in total. The van der Waals surface area contributed by atoms with E-state index in [1.165, 1.54) is 0 Å². The maximum Gasteiger partial charge on any atom is 0.244 e. The fourth-order valence-electron chi connectivity index (χ4n) is 3.26. The van der Waals surface area contributed by atoms with Gasteiger partial charge < -0.3 is 10.2 Å². The molecule has 1 saturated heterocycles. The molecule has 122 valence electrons. The van der Waals surface area contributed by atoms with Crippen LogP contribution in [0.5, 0.6) is 0 Å². The Morgan fingerprint density at radius 2 is 2.22 bits per heavy atom. The maximum atomic E-state index is 12.7. The van der Waals surface area contributed by atoms with Crippen molar-refractivity contribution in [2.24, 2.45) is 0 Å². The van der Waals surface area contributed by atoms with Gasteiger partial charge in [-0.3, -0.25) is 9.48 Å². The van der Waals surface area contributed by atoms with Crippen molar-refractivity contribution in [1.29, 1.82) is 0 Å². The highest BCUT2D eigenvalue weighted by molar-refractivity contribution is 5.77. The largest absolute Gasteiger partial charge is 0.373 e. The topological polar surface area (TPSA) is 63.1 Å². The summed E-state index contributed by atoms with van der Waals surface area (Å²) >= 11 is 0. The van der Waals surface area contributed by atoms with Crippen LogP contribution in [0.25, 0.3) is 0 Å². The van der Waals surface area contributed by atoms with E-state index < -0.39 is 0 Å². The number of hydrogen-bond acceptors (Lipinski definition) is 4. The number of nitrogens with one attached hydrogen (secondary N) is 1. The molecule has 0 aromatic carbocycles. The Balaban J connectivity index is 1.78. The average molecular weight is 313 g/mol. The van der Waals surface area contributed by atoms with Gasteiger partial charge in [0.05, 0.1) is 11.7 Å². The van der Waals surface area contributed by atoms with E-state index in [1.54, 1.807) is 10.9 Å². The van der Waals surface area contributed by atoms with E-state index in [9.17, 15) is 4.79 Å². The third-order valence-electron chi connectivity index (χ3n) is 4.39. The van der Waals surface area contributed by atoms with Crippen molar-refractivity contribution >= 4 is 11.7 Å². The van der Waals surface area contributed by atoms with Crippen molar-refractivity contribution in [1.82, 2.24) is 19.7 Å². The van der Waals surface area contributed by atoms with Crippen LogP contribution in [-0.2, 0) is 11.3 Å². The van der Waals surface area contributed by atoms with Crippen molar-refractivity contribution in [3.63, 3.8) is 0 Å². The molecule has 0 spiro atoms. The molecule has 0 saturated carbocycles. The number of aryl methyl sites for hydroxylation is 2. The molecule has 6 heteroatoms. The Hall–Kier alpha value is -2.37. The lowest BCUT2D eigenvalue weighted by Crippen LogP contribution is -2.34. The zero-order valence-electron chi connectivity index (χ0n) is 13.9. The normalized spacial score (nSPS) is 17.5. The molecule has 1 fully saturated rings. The highest BCUT2D eigenvalue weighted by atomic mass is 16.2. The van der Waals surface area contributed by atoms with Gasteiger partial charge in [0, 0.05) is 25.5 Å². The molecule has 0 unspecified atom stereocenters. The van der Waals surface area contributed by atoms with Gasteiger partial charge in [0.1, 0.15) is 12.4 Å². The highest BCUT2D eigenvalue weighted by Gasteiger charge is 2.30. The average Bonchev–Trinajstić information content (AvgIpc) is 3.14. The van der Waals surface area contributed by atoms with Crippen LogP contribution in [0, 0.1) is 13.8 Å². The van der Waals surface area contributed by atoms with E-state index in [4.69, 9.17) is 0 Å². The molecule has 1 amide bonds. The van der Waals surface area contributed by atoms with E-state index in [2.05, 4.69) is 15.4 Å². The number of amides is 1. The second-order valence-electron chi connectivity index (χ2n) is 6.05. The third kappa shape index (κ3) is 3.21. The van der Waals surface area contributed by atoms with Crippen molar-refractivity contribution in [3.8, 4) is 0 Å². The first-order chi connectivity index (χ1) is 11.1. The van der Waals surface area contributed by atoms with Crippen molar-refractivity contribution in [3.05, 3.63) is 41.3 Å². The summed E-state index contributed by atoms with van der Waals surface area (Å²) in [4.78, 5) is 19.0. The smallest absolute Gasteiger partial charge is 0.244 e. The Morgan fingerprint density at radius 1 is 1.39 bits per heavy atom. The SMILES string of the molecule is CNc1cc([C@H]2CCCN2C(=O)Cn2nc(C)cc2C)ccn1. The Kier molecular flexibility index (Phi) is 4.32. The van der Waals surface area contributed by atoms with E-state index in [1.807, 2.05) is 44.0 Å². The first kappa shape index (κ1) is 15.5. The van der Waals surface area contributed by atoms with Gasteiger partial charge in [0.25, 0.3) is 0 Å². The third-order valence-corrected chi connectivity index (χ3v) is 4.39. The van der Waals surface area contributed by atoms with Crippen LogP contribution in [0.4, 0.5) is 5.82 Å². The van der Waals surface area contributed by atoms with E-state index >= 15 is 0 Å². The number of aromatic nitrogens is 3. The zero-order chi connectivity index (χ0) is 16.4. The standard InChI is InChI=1S/C17H23N5O/c1-12-9-13(2)22(20-12)11-17(23)21-8-4-5-15(21)14-6-7-19-16(10-14)18-3/h6-7,9-10,15H,4-5,8,11H2,1-3H3,(H,18,19)/t15-/m1/s1. The Morgan fingerprint density at radius 3 is 2.91 bits per heavy atom. The minimum absolute atomic E-state index is 0.126. The molecule has 1 N–H and O–H groups in total. The lowest BCUT2D eigenvalue weighted by Gasteiger charge is -2.25. The van der Waals surface area contributed by atoms with Crippen LogP contribution < -0.4 is 5.32 Å². The molecule has 1 aliphatic rings. The fraction of sp³-hybridized carbons (Fsp3) is 0.471. The molecule has 0 aliphatic carbocycles. The summed E-state index contributed by atoms with van der Waals surface area (Å²) in [6, 6.07) is 6.16. The minimum Gasteiger partial charge on any atom is -0.373 e. The molecular weight excluding hydrogens is 290 g/mol. The van der Waals surface area contributed by atoms with Crippen LogP contribution in [0.1, 0.15) is 35.8 Å². The first-order valence-electron chi connectivity index (χ1n) is 8.02. The van der Waals surface area contributed by atoms with Crippen molar-refractivity contribution < 1.29 is 4.79 Å².